The molecular weight excluding hydrogens is 474 g/mol. The number of methoxy groups -OCH3 is 2. The van der Waals surface area contributed by atoms with Gasteiger partial charge in [0.15, 0.2) is 0 Å². The second-order valence-electron chi connectivity index (χ2n) is 10.4. The molecule has 38 heavy (non-hydrogen) atoms. The van der Waals surface area contributed by atoms with Gasteiger partial charge in [0, 0.05) is 18.1 Å². The van der Waals surface area contributed by atoms with Gasteiger partial charge in [0.25, 0.3) is 5.91 Å². The molecule has 2 aliphatic rings. The van der Waals surface area contributed by atoms with Crippen molar-refractivity contribution < 1.29 is 14.3 Å². The lowest BCUT2D eigenvalue weighted by atomic mass is 9.90. The van der Waals surface area contributed by atoms with Gasteiger partial charge in [0.1, 0.15) is 11.5 Å². The summed E-state index contributed by atoms with van der Waals surface area (Å²) >= 11 is 0. The van der Waals surface area contributed by atoms with E-state index < -0.39 is 0 Å². The van der Waals surface area contributed by atoms with Crippen LogP contribution in [0.5, 0.6) is 11.5 Å². The van der Waals surface area contributed by atoms with Gasteiger partial charge in [-0.25, -0.2) is 5.01 Å². The van der Waals surface area contributed by atoms with Gasteiger partial charge in [-0.3, -0.25) is 9.69 Å². The number of benzene rings is 3. The Bertz CT molecular complexity index is 1260. The number of rotatable bonds is 8. The maximum Gasteiger partial charge on any atom is 0.257 e. The van der Waals surface area contributed by atoms with E-state index in [-0.39, 0.29) is 11.9 Å². The average molecular weight is 512 g/mol. The molecule has 0 radical (unpaired) electrons. The van der Waals surface area contributed by atoms with E-state index in [9.17, 15) is 4.79 Å². The first-order valence-electron chi connectivity index (χ1n) is 13.5. The Balaban J connectivity index is 1.31. The van der Waals surface area contributed by atoms with Crippen LogP contribution in [0.4, 0.5) is 0 Å². The van der Waals surface area contributed by atoms with Crippen LogP contribution in [-0.4, -0.2) is 55.4 Å². The third-order valence-electron chi connectivity index (χ3n) is 7.78. The number of ether oxygens (including phenoxy) is 2. The monoisotopic (exact) mass is 511 g/mol. The second-order valence-corrected chi connectivity index (χ2v) is 10.4. The van der Waals surface area contributed by atoms with Crippen molar-refractivity contribution >= 4 is 11.6 Å². The van der Waals surface area contributed by atoms with Crippen LogP contribution in [0.25, 0.3) is 0 Å². The summed E-state index contributed by atoms with van der Waals surface area (Å²) in [5, 5.41) is 6.58. The van der Waals surface area contributed by atoms with Crippen molar-refractivity contribution in [2.24, 2.45) is 11.0 Å². The summed E-state index contributed by atoms with van der Waals surface area (Å²) < 4.78 is 11.1. The number of hydrogen-bond donors (Lipinski definition) is 0. The van der Waals surface area contributed by atoms with E-state index in [0.29, 0.717) is 24.6 Å². The summed E-state index contributed by atoms with van der Waals surface area (Å²) in [6.45, 7) is 4.31. The Morgan fingerprint density at radius 2 is 1.68 bits per heavy atom. The SMILES string of the molecule is COc1ccc(C2CC(c3ccc(C)cc3)=NN2C(=O)CN2CCC(Cc3ccccc3)CC2)c(OC)c1. The zero-order valence-electron chi connectivity index (χ0n) is 22.6. The van der Waals surface area contributed by atoms with Crippen molar-refractivity contribution in [2.75, 3.05) is 33.9 Å². The molecule has 1 atom stereocenters. The summed E-state index contributed by atoms with van der Waals surface area (Å²) in [5.74, 6) is 2.11. The van der Waals surface area contributed by atoms with E-state index >= 15 is 0 Å². The number of aryl methyl sites for hydroxylation is 1. The van der Waals surface area contributed by atoms with Crippen LogP contribution in [0.1, 0.15) is 47.6 Å². The smallest absolute Gasteiger partial charge is 0.257 e. The highest BCUT2D eigenvalue weighted by atomic mass is 16.5. The van der Waals surface area contributed by atoms with E-state index in [1.807, 2.05) is 18.2 Å². The van der Waals surface area contributed by atoms with Gasteiger partial charge in [-0.05, 0) is 68.5 Å². The molecule has 1 unspecified atom stereocenters. The molecule has 3 aromatic rings. The summed E-state index contributed by atoms with van der Waals surface area (Å²) in [7, 11) is 3.29. The first-order valence-corrected chi connectivity index (χ1v) is 13.5. The van der Waals surface area contributed by atoms with Gasteiger partial charge in [-0.1, -0.05) is 60.2 Å². The Morgan fingerprint density at radius 3 is 2.37 bits per heavy atom. The third-order valence-corrected chi connectivity index (χ3v) is 7.78. The molecule has 0 spiro atoms. The normalized spacial score (nSPS) is 18.3. The highest BCUT2D eigenvalue weighted by Gasteiger charge is 2.36. The Morgan fingerprint density at radius 1 is 0.947 bits per heavy atom. The van der Waals surface area contributed by atoms with Crippen molar-refractivity contribution in [1.82, 2.24) is 9.91 Å². The van der Waals surface area contributed by atoms with Crippen LogP contribution in [0, 0.1) is 12.8 Å². The topological polar surface area (TPSA) is 54.4 Å². The highest BCUT2D eigenvalue weighted by Crippen LogP contribution is 2.39. The van der Waals surface area contributed by atoms with Crippen LogP contribution < -0.4 is 9.47 Å². The minimum absolute atomic E-state index is 0.0245. The zero-order chi connectivity index (χ0) is 26.5. The quantitative estimate of drug-likeness (QED) is 0.393. The minimum Gasteiger partial charge on any atom is -0.497 e. The van der Waals surface area contributed by atoms with Crippen molar-refractivity contribution in [2.45, 2.75) is 38.6 Å². The lowest BCUT2D eigenvalue weighted by molar-refractivity contribution is -0.134. The number of hydrogen-bond acceptors (Lipinski definition) is 5. The molecule has 2 aliphatic heterocycles. The molecule has 0 aliphatic carbocycles. The molecule has 0 aromatic heterocycles. The van der Waals surface area contributed by atoms with Gasteiger partial charge in [-0.2, -0.15) is 5.10 Å². The van der Waals surface area contributed by atoms with Gasteiger partial charge in [0.2, 0.25) is 0 Å². The van der Waals surface area contributed by atoms with Crippen molar-refractivity contribution in [3.63, 3.8) is 0 Å². The van der Waals surface area contributed by atoms with Gasteiger partial charge in [0.05, 0.1) is 32.5 Å². The molecule has 198 valence electrons. The van der Waals surface area contributed by atoms with Crippen LogP contribution in [-0.2, 0) is 11.2 Å². The van der Waals surface area contributed by atoms with Crippen molar-refractivity contribution in [3.8, 4) is 11.5 Å². The van der Waals surface area contributed by atoms with E-state index in [1.165, 1.54) is 11.1 Å². The fourth-order valence-corrected chi connectivity index (χ4v) is 5.56. The van der Waals surface area contributed by atoms with Crippen LogP contribution in [0.2, 0.25) is 0 Å². The minimum atomic E-state index is -0.227. The number of nitrogens with zero attached hydrogens (tertiary/aromatic N) is 3. The number of amides is 1. The Kier molecular flexibility index (Phi) is 8.08. The van der Waals surface area contributed by atoms with Crippen LogP contribution in [0.3, 0.4) is 0 Å². The predicted molar refractivity (Wildman–Crippen MR) is 151 cm³/mol. The summed E-state index contributed by atoms with van der Waals surface area (Å²) in [4.78, 5) is 16.0. The predicted octanol–water partition coefficient (Wildman–Crippen LogP) is 5.64. The van der Waals surface area contributed by atoms with E-state index in [2.05, 4.69) is 66.4 Å². The Labute approximate surface area is 225 Å². The van der Waals surface area contributed by atoms with Gasteiger partial charge >= 0.3 is 0 Å². The molecule has 2 heterocycles. The largest absolute Gasteiger partial charge is 0.497 e. The number of carbonyl (C=O) groups excluding carboxylic acids is 1. The molecule has 1 fully saturated rings. The fourth-order valence-electron chi connectivity index (χ4n) is 5.56. The summed E-state index contributed by atoms with van der Waals surface area (Å²) in [6.07, 6.45) is 3.96. The highest BCUT2D eigenvalue weighted by molar-refractivity contribution is 6.03. The first-order chi connectivity index (χ1) is 18.5. The third kappa shape index (κ3) is 5.91. The maximum absolute atomic E-state index is 13.7. The zero-order valence-corrected chi connectivity index (χ0v) is 22.6. The average Bonchev–Trinajstić information content (AvgIpc) is 3.40. The maximum atomic E-state index is 13.7. The molecule has 0 N–H and O–H groups in total. The van der Waals surface area contributed by atoms with Gasteiger partial charge < -0.3 is 9.47 Å². The molecule has 1 amide bonds. The molecule has 5 rings (SSSR count). The summed E-state index contributed by atoms with van der Waals surface area (Å²) in [6, 6.07) is 24.6. The Hall–Kier alpha value is -3.64. The lowest BCUT2D eigenvalue weighted by Crippen LogP contribution is -2.42. The van der Waals surface area contributed by atoms with E-state index in [1.54, 1.807) is 19.2 Å². The van der Waals surface area contributed by atoms with Crippen LogP contribution >= 0.6 is 0 Å². The van der Waals surface area contributed by atoms with Crippen molar-refractivity contribution in [3.05, 3.63) is 95.1 Å². The van der Waals surface area contributed by atoms with E-state index in [4.69, 9.17) is 14.6 Å². The number of carbonyl (C=O) groups is 1. The molecule has 0 bridgehead atoms. The molecule has 3 aromatic carbocycles. The number of likely N-dealkylation sites (tertiary alicyclic amines) is 1. The number of piperidine rings is 1. The first kappa shape index (κ1) is 26.0. The fraction of sp³-hybridized carbons (Fsp3) is 0.375. The van der Waals surface area contributed by atoms with E-state index in [0.717, 1.165) is 54.9 Å². The lowest BCUT2D eigenvalue weighted by Gasteiger charge is -2.33. The number of hydrazone groups is 1. The molecular formula is C32H37N3O3. The van der Waals surface area contributed by atoms with Crippen molar-refractivity contribution in [1.29, 1.82) is 0 Å². The summed E-state index contributed by atoms with van der Waals surface area (Å²) in [5.41, 5.74) is 5.50. The van der Waals surface area contributed by atoms with Gasteiger partial charge in [-0.15, -0.1) is 0 Å². The molecule has 1 saturated heterocycles. The standard InChI is InChI=1S/C32H37N3O3/c1-23-9-11-26(12-10-23)29-21-30(28-14-13-27(37-2)20-31(28)38-3)35(33-29)32(36)22-34-17-15-25(16-18-34)19-24-7-5-4-6-8-24/h4-14,20,25,30H,15-19,21-22H2,1-3H3. The molecule has 6 heteroatoms. The molecule has 0 saturated carbocycles. The van der Waals surface area contributed by atoms with Crippen LogP contribution in [0.15, 0.2) is 77.9 Å². The second kappa shape index (κ2) is 11.8. The molecule has 6 nitrogen and oxygen atoms in total.